The predicted molar refractivity (Wildman–Crippen MR) is 137 cm³/mol. The van der Waals surface area contributed by atoms with Crippen molar-refractivity contribution in [2.24, 2.45) is 7.05 Å². The summed E-state index contributed by atoms with van der Waals surface area (Å²) in [5, 5.41) is 5.94. The Morgan fingerprint density at radius 3 is 2.57 bits per heavy atom. The number of pyridine rings is 1. The van der Waals surface area contributed by atoms with Crippen LogP contribution in [0.15, 0.2) is 53.5 Å². The van der Waals surface area contributed by atoms with Crippen LogP contribution in [0.25, 0.3) is 11.1 Å². The summed E-state index contributed by atoms with van der Waals surface area (Å²) in [5.74, 6) is -0.306. The van der Waals surface area contributed by atoms with Gasteiger partial charge in [-0.15, -0.1) is 0 Å². The van der Waals surface area contributed by atoms with Crippen LogP contribution in [0.2, 0.25) is 0 Å². The van der Waals surface area contributed by atoms with E-state index in [2.05, 4.69) is 15.5 Å². The fourth-order valence-electron chi connectivity index (χ4n) is 4.34. The third-order valence-corrected chi connectivity index (χ3v) is 6.30. The number of rotatable bonds is 7. The number of halogens is 1. The summed E-state index contributed by atoms with van der Waals surface area (Å²) in [4.78, 5) is 27.8. The first kappa shape index (κ1) is 24.6. The quantitative estimate of drug-likeness (QED) is 0.542. The number of ether oxygens (including phenoxy) is 1. The van der Waals surface area contributed by atoms with Gasteiger partial charge in [0, 0.05) is 49.7 Å². The second-order valence-corrected chi connectivity index (χ2v) is 8.76. The molecule has 0 spiro atoms. The van der Waals surface area contributed by atoms with Crippen molar-refractivity contribution in [1.82, 2.24) is 9.88 Å². The third kappa shape index (κ3) is 5.44. The molecule has 0 radical (unpaired) electrons. The molecule has 0 bridgehead atoms. The molecule has 2 N–H and O–H groups in total. The number of nitrogens with one attached hydrogen (secondary N) is 2. The molecule has 4 rings (SSSR count). The fourth-order valence-corrected chi connectivity index (χ4v) is 4.34. The molecule has 1 aromatic heterocycles. The zero-order chi connectivity index (χ0) is 24.9. The van der Waals surface area contributed by atoms with Crippen molar-refractivity contribution < 1.29 is 13.9 Å². The Hall–Kier alpha value is -3.49. The molecule has 1 aliphatic rings. The molecule has 0 unspecified atom stereocenters. The standard InChI is InChI=1S/C27H31FN4O3/c1-18-4-7-23(30-26(33)19-5-6-20(16-29-2)21(12-19)15-28)14-24(18)22-13-25(27(34)31(3)17-22)32-8-10-35-11-9-32/h4-7,12-14,17,29H,8-11,15-16H2,1-3H3,(H,30,33). The molecule has 1 amide bonds. The van der Waals surface area contributed by atoms with E-state index in [4.69, 9.17) is 4.74 Å². The number of benzene rings is 2. The van der Waals surface area contributed by atoms with Crippen LogP contribution in [-0.4, -0.2) is 43.8 Å². The van der Waals surface area contributed by atoms with Crippen molar-refractivity contribution in [3.05, 3.63) is 81.3 Å². The van der Waals surface area contributed by atoms with Gasteiger partial charge in [-0.05, 0) is 66.6 Å². The number of aryl methyl sites for hydroxylation is 2. The molecule has 1 saturated heterocycles. The molecule has 1 fully saturated rings. The fraction of sp³-hybridized carbons (Fsp3) is 0.333. The average Bonchev–Trinajstić information content (AvgIpc) is 2.87. The summed E-state index contributed by atoms with van der Waals surface area (Å²) in [7, 11) is 3.54. The molecule has 8 heteroatoms. The molecule has 184 valence electrons. The van der Waals surface area contributed by atoms with E-state index >= 15 is 0 Å². The van der Waals surface area contributed by atoms with Gasteiger partial charge in [-0.25, -0.2) is 4.39 Å². The monoisotopic (exact) mass is 478 g/mol. The van der Waals surface area contributed by atoms with Crippen LogP contribution in [0, 0.1) is 6.92 Å². The van der Waals surface area contributed by atoms with Crippen LogP contribution in [0.4, 0.5) is 15.8 Å². The van der Waals surface area contributed by atoms with Gasteiger partial charge in [-0.2, -0.15) is 0 Å². The Bertz CT molecular complexity index is 1280. The Balaban J connectivity index is 1.63. The van der Waals surface area contributed by atoms with E-state index in [9.17, 15) is 14.0 Å². The molecule has 35 heavy (non-hydrogen) atoms. The summed E-state index contributed by atoms with van der Waals surface area (Å²) in [5.41, 5.74) is 5.76. The van der Waals surface area contributed by atoms with E-state index in [0.29, 0.717) is 55.3 Å². The highest BCUT2D eigenvalue weighted by Gasteiger charge is 2.18. The van der Waals surface area contributed by atoms with Crippen molar-refractivity contribution in [1.29, 1.82) is 0 Å². The number of carbonyl (C=O) groups excluding carboxylic acids is 1. The Kier molecular flexibility index (Phi) is 7.63. The molecular formula is C27H31FN4O3. The van der Waals surface area contributed by atoms with Crippen LogP contribution in [0.1, 0.15) is 27.0 Å². The van der Waals surface area contributed by atoms with Crippen LogP contribution in [-0.2, 0) is 25.0 Å². The molecule has 2 heterocycles. The number of morpholine rings is 1. The molecule has 0 aliphatic carbocycles. The minimum atomic E-state index is -0.634. The minimum absolute atomic E-state index is 0.0526. The zero-order valence-electron chi connectivity index (χ0n) is 20.4. The van der Waals surface area contributed by atoms with Crippen molar-refractivity contribution in [3.8, 4) is 11.1 Å². The van der Waals surface area contributed by atoms with Gasteiger partial charge in [0.25, 0.3) is 11.5 Å². The number of amides is 1. The van der Waals surface area contributed by atoms with Crippen LogP contribution < -0.4 is 21.1 Å². The van der Waals surface area contributed by atoms with Crippen molar-refractivity contribution in [2.75, 3.05) is 43.6 Å². The van der Waals surface area contributed by atoms with E-state index in [1.165, 1.54) is 0 Å². The average molecular weight is 479 g/mol. The molecule has 0 atom stereocenters. The lowest BCUT2D eigenvalue weighted by Crippen LogP contribution is -2.40. The Morgan fingerprint density at radius 2 is 1.86 bits per heavy atom. The molecule has 1 aliphatic heterocycles. The first-order valence-corrected chi connectivity index (χ1v) is 11.7. The number of alkyl halides is 1. The highest BCUT2D eigenvalue weighted by molar-refractivity contribution is 6.04. The van der Waals surface area contributed by atoms with Crippen LogP contribution >= 0.6 is 0 Å². The summed E-state index contributed by atoms with van der Waals surface area (Å²) in [6, 6.07) is 12.7. The first-order chi connectivity index (χ1) is 16.9. The third-order valence-electron chi connectivity index (χ3n) is 6.30. The first-order valence-electron chi connectivity index (χ1n) is 11.7. The normalized spacial score (nSPS) is 13.7. The second kappa shape index (κ2) is 10.8. The second-order valence-electron chi connectivity index (χ2n) is 8.76. The van der Waals surface area contributed by atoms with Crippen molar-refractivity contribution in [2.45, 2.75) is 20.1 Å². The SMILES string of the molecule is CNCc1ccc(C(=O)Nc2ccc(C)c(-c3cc(N4CCOCC4)c(=O)n(C)c3)c2)cc1CF. The van der Waals surface area contributed by atoms with Gasteiger partial charge in [0.2, 0.25) is 0 Å². The van der Waals surface area contributed by atoms with E-state index in [0.717, 1.165) is 22.3 Å². The number of carbonyl (C=O) groups is 1. The maximum Gasteiger partial charge on any atom is 0.273 e. The highest BCUT2D eigenvalue weighted by Crippen LogP contribution is 2.29. The lowest BCUT2D eigenvalue weighted by atomic mass is 10.00. The predicted octanol–water partition coefficient (Wildman–Crippen LogP) is 3.64. The number of anilines is 2. The van der Waals surface area contributed by atoms with Crippen molar-refractivity contribution in [3.63, 3.8) is 0 Å². The summed E-state index contributed by atoms with van der Waals surface area (Å²) in [6.07, 6.45) is 1.81. The molecule has 0 saturated carbocycles. The molecular weight excluding hydrogens is 447 g/mol. The van der Waals surface area contributed by atoms with E-state index in [1.807, 2.05) is 37.4 Å². The molecule has 3 aromatic rings. The Morgan fingerprint density at radius 1 is 1.09 bits per heavy atom. The minimum Gasteiger partial charge on any atom is -0.378 e. The van der Waals surface area contributed by atoms with Gasteiger partial charge < -0.3 is 24.8 Å². The van der Waals surface area contributed by atoms with Gasteiger partial charge >= 0.3 is 0 Å². The largest absolute Gasteiger partial charge is 0.378 e. The van der Waals surface area contributed by atoms with Crippen LogP contribution in [0.5, 0.6) is 0 Å². The number of hydrogen-bond donors (Lipinski definition) is 2. The summed E-state index contributed by atoms with van der Waals surface area (Å²) in [6.45, 7) is 4.42. The zero-order valence-corrected chi connectivity index (χ0v) is 20.4. The maximum atomic E-state index is 13.5. The molecule has 2 aromatic carbocycles. The van der Waals surface area contributed by atoms with Gasteiger partial charge in [-0.1, -0.05) is 12.1 Å². The van der Waals surface area contributed by atoms with E-state index in [-0.39, 0.29) is 11.5 Å². The van der Waals surface area contributed by atoms with Gasteiger partial charge in [0.05, 0.1) is 13.2 Å². The van der Waals surface area contributed by atoms with Gasteiger partial charge in [0.15, 0.2) is 0 Å². The van der Waals surface area contributed by atoms with E-state index in [1.54, 1.807) is 36.9 Å². The van der Waals surface area contributed by atoms with Gasteiger partial charge in [-0.3, -0.25) is 9.59 Å². The maximum absolute atomic E-state index is 13.5. The Labute approximate surface area is 204 Å². The number of hydrogen-bond acceptors (Lipinski definition) is 5. The van der Waals surface area contributed by atoms with E-state index < -0.39 is 6.67 Å². The number of nitrogens with zero attached hydrogens (tertiary/aromatic N) is 2. The van der Waals surface area contributed by atoms with Crippen molar-refractivity contribution >= 4 is 17.3 Å². The lowest BCUT2D eigenvalue weighted by Gasteiger charge is -2.29. The summed E-state index contributed by atoms with van der Waals surface area (Å²) < 4.78 is 20.5. The topological polar surface area (TPSA) is 75.6 Å². The highest BCUT2D eigenvalue weighted by atomic mass is 19.1. The van der Waals surface area contributed by atoms with Gasteiger partial charge in [0.1, 0.15) is 12.4 Å². The lowest BCUT2D eigenvalue weighted by molar-refractivity contribution is 0.102. The summed E-state index contributed by atoms with van der Waals surface area (Å²) >= 11 is 0. The number of aromatic nitrogens is 1. The van der Waals surface area contributed by atoms with Crippen LogP contribution in [0.3, 0.4) is 0 Å². The smallest absolute Gasteiger partial charge is 0.273 e. The molecule has 7 nitrogen and oxygen atoms in total.